The first kappa shape index (κ1) is 19.0. The van der Waals surface area contributed by atoms with E-state index in [2.05, 4.69) is 44.8 Å². The maximum Gasteiger partial charge on any atom is 0.0751 e. The minimum absolute atomic E-state index is 1.23. The van der Waals surface area contributed by atoms with Crippen LogP contribution in [-0.2, 0) is 6.42 Å². The van der Waals surface area contributed by atoms with Crippen LogP contribution in [0.4, 0.5) is 0 Å². The Balaban J connectivity index is 1.59. The number of thiophene rings is 2. The van der Waals surface area contributed by atoms with Crippen LogP contribution in [0.15, 0.2) is 13.6 Å². The second kappa shape index (κ2) is 10.5. The van der Waals surface area contributed by atoms with Crippen LogP contribution in [-0.4, -0.2) is 0 Å². The van der Waals surface area contributed by atoms with Crippen molar-refractivity contribution in [3.8, 4) is 0 Å². The highest BCUT2D eigenvalue weighted by atomic mass is 79.9. The highest BCUT2D eigenvalue weighted by molar-refractivity contribution is 9.11. The van der Waals surface area contributed by atoms with Crippen molar-refractivity contribution in [2.24, 2.45) is 0 Å². The van der Waals surface area contributed by atoms with E-state index < -0.39 is 0 Å². The summed E-state index contributed by atoms with van der Waals surface area (Å²) in [4.78, 5) is 0. The van der Waals surface area contributed by atoms with Crippen LogP contribution < -0.4 is 0 Å². The Hall–Kier alpha value is 0.620. The quantitative estimate of drug-likeness (QED) is 0.290. The number of halogens is 2. The van der Waals surface area contributed by atoms with E-state index in [1.807, 2.05) is 22.7 Å². The number of hydrogen-bond donors (Lipinski definition) is 0. The number of fused-ring (bicyclic) bond motifs is 1. The molecule has 4 heteroatoms. The lowest BCUT2D eigenvalue weighted by Crippen LogP contribution is -1.85. The zero-order chi connectivity index (χ0) is 15.8. The van der Waals surface area contributed by atoms with E-state index >= 15 is 0 Å². The zero-order valence-corrected chi connectivity index (χ0v) is 18.2. The lowest BCUT2D eigenvalue weighted by Gasteiger charge is -2.03. The van der Waals surface area contributed by atoms with Crippen molar-refractivity contribution in [2.45, 2.75) is 77.6 Å². The van der Waals surface area contributed by atoms with Gasteiger partial charge in [0.15, 0.2) is 0 Å². The van der Waals surface area contributed by atoms with Crippen molar-refractivity contribution in [2.75, 3.05) is 0 Å². The average Bonchev–Trinajstić information content (AvgIpc) is 2.97. The normalized spacial score (nSPS) is 11.6. The molecular weight excluding hydrogens is 440 g/mol. The highest BCUT2D eigenvalue weighted by Gasteiger charge is 2.12. The fourth-order valence-electron chi connectivity index (χ4n) is 2.88. The third kappa shape index (κ3) is 5.92. The van der Waals surface area contributed by atoms with Gasteiger partial charge in [-0.3, -0.25) is 0 Å². The summed E-state index contributed by atoms with van der Waals surface area (Å²) in [7, 11) is 0. The van der Waals surface area contributed by atoms with Crippen LogP contribution in [0.2, 0.25) is 0 Å². The second-order valence-electron chi connectivity index (χ2n) is 6.03. The van der Waals surface area contributed by atoms with Gasteiger partial charge >= 0.3 is 0 Å². The van der Waals surface area contributed by atoms with Crippen LogP contribution in [0.25, 0.3) is 9.40 Å². The standard InChI is InChI=1S/C18H26Br2S2/c1-2-3-4-5-6-7-8-9-10-11-12-14-17-15(21-18(14)20)13-16(19)22-17/h13H,2-12H2,1H3. The van der Waals surface area contributed by atoms with E-state index in [0.29, 0.717) is 0 Å². The van der Waals surface area contributed by atoms with Gasteiger partial charge in [-0.25, -0.2) is 0 Å². The predicted molar refractivity (Wildman–Crippen MR) is 111 cm³/mol. The molecule has 2 aromatic heterocycles. The summed E-state index contributed by atoms with van der Waals surface area (Å²) < 4.78 is 5.51. The van der Waals surface area contributed by atoms with Gasteiger partial charge in [0.1, 0.15) is 0 Å². The van der Waals surface area contributed by atoms with Gasteiger partial charge in [-0.2, -0.15) is 0 Å². The molecule has 22 heavy (non-hydrogen) atoms. The fraction of sp³-hybridized carbons (Fsp3) is 0.667. The molecule has 0 nitrogen and oxygen atoms in total. The molecule has 0 atom stereocenters. The average molecular weight is 466 g/mol. The van der Waals surface area contributed by atoms with Crippen LogP contribution in [0, 0.1) is 0 Å². The van der Waals surface area contributed by atoms with Gasteiger partial charge in [-0.15, -0.1) is 22.7 Å². The molecule has 0 aromatic carbocycles. The van der Waals surface area contributed by atoms with Crippen molar-refractivity contribution in [3.63, 3.8) is 0 Å². The van der Waals surface area contributed by atoms with Gasteiger partial charge in [0.25, 0.3) is 0 Å². The number of unbranched alkanes of at least 4 members (excludes halogenated alkanes) is 9. The predicted octanol–water partition coefficient (Wildman–Crippen LogP) is 8.95. The molecule has 2 aromatic rings. The zero-order valence-electron chi connectivity index (χ0n) is 13.4. The van der Waals surface area contributed by atoms with Gasteiger partial charge in [0.05, 0.1) is 12.3 Å². The minimum Gasteiger partial charge on any atom is -0.127 e. The Kier molecular flexibility index (Phi) is 9.03. The molecule has 0 saturated carbocycles. The molecule has 0 amide bonds. The summed E-state index contributed by atoms with van der Waals surface area (Å²) in [5, 5.41) is 0. The van der Waals surface area contributed by atoms with Gasteiger partial charge in [0, 0.05) is 4.70 Å². The van der Waals surface area contributed by atoms with Crippen LogP contribution in [0.1, 0.15) is 76.7 Å². The van der Waals surface area contributed by atoms with Crippen LogP contribution >= 0.6 is 54.5 Å². The molecule has 0 bridgehead atoms. The monoisotopic (exact) mass is 464 g/mol. The first-order chi connectivity index (χ1) is 10.7. The topological polar surface area (TPSA) is 0 Å². The Bertz CT molecular complexity index is 557. The number of rotatable bonds is 11. The van der Waals surface area contributed by atoms with E-state index in [4.69, 9.17) is 0 Å². The fourth-order valence-corrected chi connectivity index (χ4v) is 6.96. The van der Waals surface area contributed by atoms with Crippen molar-refractivity contribution >= 4 is 63.9 Å². The Labute approximate surface area is 160 Å². The molecule has 0 aliphatic heterocycles. The largest absolute Gasteiger partial charge is 0.127 e. The van der Waals surface area contributed by atoms with Crippen molar-refractivity contribution in [3.05, 3.63) is 19.2 Å². The second-order valence-corrected chi connectivity index (χ2v) is 10.8. The number of aryl methyl sites for hydroxylation is 1. The first-order valence-electron chi connectivity index (χ1n) is 8.58. The summed E-state index contributed by atoms with van der Waals surface area (Å²) >= 11 is 11.1. The van der Waals surface area contributed by atoms with Crippen molar-refractivity contribution in [1.82, 2.24) is 0 Å². The lowest BCUT2D eigenvalue weighted by molar-refractivity contribution is 0.556. The maximum absolute atomic E-state index is 3.75. The summed E-state index contributed by atoms with van der Waals surface area (Å²) in [5.41, 5.74) is 1.54. The molecule has 124 valence electrons. The SMILES string of the molecule is CCCCCCCCCCCCc1c(Br)sc2cc(Br)sc12. The summed E-state index contributed by atoms with van der Waals surface area (Å²) in [6, 6.07) is 2.25. The first-order valence-corrected chi connectivity index (χ1v) is 11.8. The van der Waals surface area contributed by atoms with E-state index in [1.54, 1.807) is 0 Å². The lowest BCUT2D eigenvalue weighted by atomic mass is 10.0. The maximum atomic E-state index is 3.75. The minimum atomic E-state index is 1.23. The molecule has 0 aliphatic carbocycles. The highest BCUT2D eigenvalue weighted by Crippen LogP contribution is 2.42. The molecule has 0 radical (unpaired) electrons. The smallest absolute Gasteiger partial charge is 0.0751 e. The summed E-state index contributed by atoms with van der Waals surface area (Å²) in [6.45, 7) is 2.29. The molecular formula is C18H26Br2S2. The third-order valence-electron chi connectivity index (χ3n) is 4.16. The molecule has 2 heterocycles. The van der Waals surface area contributed by atoms with Crippen LogP contribution in [0.3, 0.4) is 0 Å². The van der Waals surface area contributed by atoms with Crippen molar-refractivity contribution in [1.29, 1.82) is 0 Å². The number of hydrogen-bond acceptors (Lipinski definition) is 2. The van der Waals surface area contributed by atoms with Gasteiger partial charge in [-0.05, 0) is 56.3 Å². The third-order valence-corrected chi connectivity index (χ3v) is 7.92. The molecule has 0 fully saturated rings. The Morgan fingerprint density at radius 3 is 2.05 bits per heavy atom. The van der Waals surface area contributed by atoms with Crippen LogP contribution in [0.5, 0.6) is 0 Å². The molecule has 0 saturated heterocycles. The summed E-state index contributed by atoms with van der Waals surface area (Å²) in [5.74, 6) is 0. The van der Waals surface area contributed by atoms with E-state index in [1.165, 1.54) is 93.2 Å². The van der Waals surface area contributed by atoms with Gasteiger partial charge < -0.3 is 0 Å². The van der Waals surface area contributed by atoms with Gasteiger partial charge in [0.2, 0.25) is 0 Å². The Morgan fingerprint density at radius 1 is 0.818 bits per heavy atom. The van der Waals surface area contributed by atoms with E-state index in [-0.39, 0.29) is 0 Å². The van der Waals surface area contributed by atoms with E-state index in [9.17, 15) is 0 Å². The molecule has 0 N–H and O–H groups in total. The Morgan fingerprint density at radius 2 is 1.41 bits per heavy atom. The van der Waals surface area contributed by atoms with Crippen molar-refractivity contribution < 1.29 is 0 Å². The van der Waals surface area contributed by atoms with Gasteiger partial charge in [-0.1, -0.05) is 64.7 Å². The molecule has 0 unspecified atom stereocenters. The summed E-state index contributed by atoms with van der Waals surface area (Å²) in [6.07, 6.45) is 15.3. The molecule has 0 aliphatic rings. The molecule has 0 spiro atoms. The van der Waals surface area contributed by atoms with E-state index in [0.717, 1.165) is 0 Å². The molecule has 2 rings (SSSR count).